The molecule has 0 radical (unpaired) electrons. The quantitative estimate of drug-likeness (QED) is 0.221. The van der Waals surface area contributed by atoms with Crippen molar-refractivity contribution in [3.05, 3.63) is 10.1 Å². The highest BCUT2D eigenvalue weighted by atomic mass is 35.5. The van der Waals surface area contributed by atoms with E-state index < -0.39 is 22.9 Å². The Kier molecular flexibility index (Phi) is 8.21. The summed E-state index contributed by atoms with van der Waals surface area (Å²) >= 11 is 5.40. The van der Waals surface area contributed by atoms with Crippen LogP contribution in [0.4, 0.5) is 4.79 Å². The monoisotopic (exact) mass is 269 g/mol. The van der Waals surface area contributed by atoms with E-state index in [1.807, 2.05) is 0 Å². The van der Waals surface area contributed by atoms with Crippen LogP contribution in [-0.2, 0) is 14.3 Å². The standard InChI is InChI=1S/C9H16ClNO6/c1-7(17-11(13)14)5-3-4-6-15-9(12)16-8(2)10/h7-8H,3-6H2,1-2H3/t7-,8?/m0/s1. The smallest absolute Gasteiger partial charge is 0.434 e. The molecular weight excluding hydrogens is 254 g/mol. The van der Waals surface area contributed by atoms with E-state index in [0.29, 0.717) is 19.3 Å². The van der Waals surface area contributed by atoms with Gasteiger partial charge < -0.3 is 14.3 Å². The highest BCUT2D eigenvalue weighted by Gasteiger charge is 2.08. The molecule has 17 heavy (non-hydrogen) atoms. The van der Waals surface area contributed by atoms with Crippen molar-refractivity contribution in [2.24, 2.45) is 0 Å². The number of hydrogen-bond acceptors (Lipinski definition) is 6. The Bertz CT molecular complexity index is 248. The summed E-state index contributed by atoms with van der Waals surface area (Å²) in [4.78, 5) is 25.1. The molecule has 0 N–H and O–H groups in total. The van der Waals surface area contributed by atoms with Gasteiger partial charge in [-0.15, -0.1) is 10.1 Å². The van der Waals surface area contributed by atoms with Crippen molar-refractivity contribution in [3.8, 4) is 0 Å². The molecule has 0 bridgehead atoms. The molecule has 1 unspecified atom stereocenters. The molecule has 0 aromatic carbocycles. The molecule has 0 fully saturated rings. The van der Waals surface area contributed by atoms with Crippen LogP contribution in [0.1, 0.15) is 33.1 Å². The van der Waals surface area contributed by atoms with Crippen molar-refractivity contribution in [1.29, 1.82) is 0 Å². The number of nitrogens with zero attached hydrogens (tertiary/aromatic N) is 1. The fraction of sp³-hybridized carbons (Fsp3) is 0.889. The van der Waals surface area contributed by atoms with Gasteiger partial charge in [-0.2, -0.15) is 0 Å². The molecule has 0 rings (SSSR count). The summed E-state index contributed by atoms with van der Waals surface area (Å²) in [5.41, 5.74) is -0.726. The molecule has 8 heteroatoms. The van der Waals surface area contributed by atoms with Crippen molar-refractivity contribution in [2.75, 3.05) is 6.61 Å². The topological polar surface area (TPSA) is 87.9 Å². The number of carbonyl (C=O) groups excluding carboxylic acids is 1. The van der Waals surface area contributed by atoms with Gasteiger partial charge in [0.05, 0.1) is 6.61 Å². The molecular formula is C9H16ClNO6. The van der Waals surface area contributed by atoms with Crippen LogP contribution in [0, 0.1) is 10.1 Å². The zero-order valence-corrected chi connectivity index (χ0v) is 10.5. The van der Waals surface area contributed by atoms with E-state index in [-0.39, 0.29) is 6.61 Å². The minimum Gasteiger partial charge on any atom is -0.434 e. The molecule has 0 aromatic rings. The summed E-state index contributed by atoms with van der Waals surface area (Å²) in [6.07, 6.45) is 0.475. The largest absolute Gasteiger partial charge is 0.509 e. The fourth-order valence-electron chi connectivity index (χ4n) is 1.06. The lowest BCUT2D eigenvalue weighted by Crippen LogP contribution is -2.14. The number of hydrogen-bond donors (Lipinski definition) is 0. The summed E-state index contributed by atoms with van der Waals surface area (Å²) in [5.74, 6) is 0. The highest BCUT2D eigenvalue weighted by molar-refractivity contribution is 6.19. The average Bonchev–Trinajstić information content (AvgIpc) is 2.14. The van der Waals surface area contributed by atoms with Gasteiger partial charge in [0, 0.05) is 0 Å². The van der Waals surface area contributed by atoms with Crippen molar-refractivity contribution in [1.82, 2.24) is 0 Å². The van der Waals surface area contributed by atoms with Crippen LogP contribution in [0.25, 0.3) is 0 Å². The van der Waals surface area contributed by atoms with Gasteiger partial charge in [0.25, 0.3) is 5.09 Å². The van der Waals surface area contributed by atoms with Crippen LogP contribution in [0.3, 0.4) is 0 Å². The van der Waals surface area contributed by atoms with Gasteiger partial charge in [-0.3, -0.25) is 0 Å². The van der Waals surface area contributed by atoms with E-state index in [4.69, 9.17) is 16.3 Å². The lowest BCUT2D eigenvalue weighted by atomic mass is 10.2. The normalized spacial score (nSPS) is 13.6. The predicted octanol–water partition coefficient (Wildman–Crippen LogP) is 2.49. The van der Waals surface area contributed by atoms with Gasteiger partial charge in [0.2, 0.25) is 0 Å². The summed E-state index contributed by atoms with van der Waals surface area (Å²) in [7, 11) is 0. The molecule has 0 aliphatic carbocycles. The Labute approximate surface area is 104 Å². The minimum absolute atomic E-state index is 0.188. The maximum absolute atomic E-state index is 10.9. The van der Waals surface area contributed by atoms with Crippen molar-refractivity contribution < 1.29 is 24.2 Å². The fourth-order valence-corrected chi connectivity index (χ4v) is 1.13. The Morgan fingerprint density at radius 1 is 1.41 bits per heavy atom. The molecule has 100 valence electrons. The summed E-state index contributed by atoms with van der Waals surface area (Å²) in [5, 5.41) is 9.16. The van der Waals surface area contributed by atoms with E-state index in [2.05, 4.69) is 9.57 Å². The predicted molar refractivity (Wildman–Crippen MR) is 59.1 cm³/mol. The van der Waals surface area contributed by atoms with Crippen molar-refractivity contribution in [3.63, 3.8) is 0 Å². The molecule has 0 amide bonds. The van der Waals surface area contributed by atoms with Gasteiger partial charge in [0.15, 0.2) is 5.56 Å². The van der Waals surface area contributed by atoms with E-state index in [0.717, 1.165) is 0 Å². The number of unbranched alkanes of at least 4 members (excludes halogenated alkanes) is 1. The van der Waals surface area contributed by atoms with E-state index in [1.165, 1.54) is 6.92 Å². The number of alkyl halides is 1. The summed E-state index contributed by atoms with van der Waals surface area (Å²) < 4.78 is 9.22. The van der Waals surface area contributed by atoms with Crippen molar-refractivity contribution >= 4 is 17.8 Å². The maximum Gasteiger partial charge on any atom is 0.509 e. The first-order valence-electron chi connectivity index (χ1n) is 5.20. The summed E-state index contributed by atoms with van der Waals surface area (Å²) in [6.45, 7) is 3.29. The first-order valence-corrected chi connectivity index (χ1v) is 5.64. The number of halogens is 1. The molecule has 7 nitrogen and oxygen atoms in total. The zero-order valence-electron chi connectivity index (χ0n) is 9.76. The third-order valence-electron chi connectivity index (χ3n) is 1.75. The van der Waals surface area contributed by atoms with E-state index in [1.54, 1.807) is 6.92 Å². The second kappa shape index (κ2) is 8.86. The van der Waals surface area contributed by atoms with Crippen LogP contribution in [0.2, 0.25) is 0 Å². The SMILES string of the molecule is CC(Cl)OC(=O)OCCCC[C@H](C)O[N+](=O)[O-]. The highest BCUT2D eigenvalue weighted by Crippen LogP contribution is 2.05. The van der Waals surface area contributed by atoms with Gasteiger partial charge in [-0.05, 0) is 33.1 Å². The first-order chi connectivity index (χ1) is 7.91. The Balaban J connectivity index is 3.40. The van der Waals surface area contributed by atoms with E-state index in [9.17, 15) is 14.9 Å². The van der Waals surface area contributed by atoms with E-state index >= 15 is 0 Å². The van der Waals surface area contributed by atoms with Gasteiger partial charge in [-0.25, -0.2) is 4.79 Å². The van der Waals surface area contributed by atoms with Crippen LogP contribution in [-0.4, -0.2) is 29.5 Å². The first kappa shape index (κ1) is 15.8. The number of rotatable bonds is 8. The van der Waals surface area contributed by atoms with Gasteiger partial charge in [-0.1, -0.05) is 11.6 Å². The Morgan fingerprint density at radius 2 is 2.06 bits per heavy atom. The zero-order chi connectivity index (χ0) is 13.3. The van der Waals surface area contributed by atoms with Gasteiger partial charge >= 0.3 is 6.16 Å². The number of carbonyl (C=O) groups is 1. The molecule has 0 aliphatic rings. The van der Waals surface area contributed by atoms with Crippen LogP contribution in [0.5, 0.6) is 0 Å². The molecule has 2 atom stereocenters. The third kappa shape index (κ3) is 11.0. The average molecular weight is 270 g/mol. The number of ether oxygens (including phenoxy) is 2. The molecule has 0 heterocycles. The molecule has 0 saturated carbocycles. The van der Waals surface area contributed by atoms with Crippen LogP contribution < -0.4 is 0 Å². The van der Waals surface area contributed by atoms with Crippen LogP contribution >= 0.6 is 11.6 Å². The molecule has 0 aromatic heterocycles. The van der Waals surface area contributed by atoms with Gasteiger partial charge in [0.1, 0.15) is 6.10 Å². The Hall–Kier alpha value is -1.24. The minimum atomic E-state index is -0.819. The van der Waals surface area contributed by atoms with Crippen molar-refractivity contribution in [2.45, 2.75) is 44.8 Å². The molecule has 0 spiro atoms. The molecule has 0 saturated heterocycles. The summed E-state index contributed by atoms with van der Waals surface area (Å²) in [6, 6.07) is 0. The lowest BCUT2D eigenvalue weighted by molar-refractivity contribution is -0.767. The second-order valence-electron chi connectivity index (χ2n) is 3.39. The second-order valence-corrected chi connectivity index (χ2v) is 4.01. The van der Waals surface area contributed by atoms with Crippen LogP contribution in [0.15, 0.2) is 0 Å². The Morgan fingerprint density at radius 3 is 2.59 bits per heavy atom. The lowest BCUT2D eigenvalue weighted by Gasteiger charge is -2.09. The maximum atomic E-state index is 10.9. The molecule has 0 aliphatic heterocycles. The third-order valence-corrected chi connectivity index (χ3v) is 1.84.